The quantitative estimate of drug-likeness (QED) is 0.510. The molecule has 2 amide bonds. The Labute approximate surface area is 188 Å². The van der Waals surface area contributed by atoms with E-state index in [4.69, 9.17) is 9.47 Å². The normalized spacial score (nSPS) is 11.5. The van der Waals surface area contributed by atoms with Gasteiger partial charge in [-0.05, 0) is 60.4 Å². The van der Waals surface area contributed by atoms with Crippen molar-refractivity contribution in [1.82, 2.24) is 10.9 Å². The van der Waals surface area contributed by atoms with E-state index in [1.165, 1.54) is 5.56 Å². The maximum atomic E-state index is 12.3. The van der Waals surface area contributed by atoms with Gasteiger partial charge < -0.3 is 9.47 Å². The number of benzene rings is 3. The molecule has 0 radical (unpaired) electrons. The highest BCUT2D eigenvalue weighted by atomic mass is 16.5. The van der Waals surface area contributed by atoms with Gasteiger partial charge >= 0.3 is 0 Å². The minimum Gasteiger partial charge on any atom is -0.489 e. The molecule has 0 aromatic heterocycles. The van der Waals surface area contributed by atoms with Gasteiger partial charge in [0.1, 0.15) is 18.1 Å². The van der Waals surface area contributed by atoms with E-state index in [9.17, 15) is 9.59 Å². The van der Waals surface area contributed by atoms with Crippen molar-refractivity contribution in [3.63, 3.8) is 0 Å². The molecule has 0 spiro atoms. The maximum absolute atomic E-state index is 12.3. The van der Waals surface area contributed by atoms with Crippen LogP contribution >= 0.6 is 0 Å². The summed E-state index contributed by atoms with van der Waals surface area (Å²) in [6.07, 6.45) is -0.769. The third-order valence-corrected chi connectivity index (χ3v) is 4.89. The first-order valence-corrected chi connectivity index (χ1v) is 10.6. The zero-order valence-electron chi connectivity index (χ0n) is 18.5. The fourth-order valence-corrected chi connectivity index (χ4v) is 2.92. The van der Waals surface area contributed by atoms with Crippen molar-refractivity contribution in [2.45, 2.75) is 39.4 Å². The van der Waals surface area contributed by atoms with Crippen LogP contribution in [0.2, 0.25) is 0 Å². The van der Waals surface area contributed by atoms with Gasteiger partial charge in [0.15, 0.2) is 6.10 Å². The molecule has 166 valence electrons. The average Bonchev–Trinajstić information content (AvgIpc) is 2.82. The van der Waals surface area contributed by atoms with Crippen molar-refractivity contribution in [3.05, 3.63) is 95.6 Å². The molecule has 0 saturated carbocycles. The number of rotatable bonds is 8. The Hall–Kier alpha value is -3.80. The predicted molar refractivity (Wildman–Crippen MR) is 123 cm³/mol. The number of hydrazine groups is 1. The molecule has 2 N–H and O–H groups in total. The van der Waals surface area contributed by atoms with Gasteiger partial charge in [-0.25, -0.2) is 0 Å². The number of carbonyl (C=O) groups excluding carboxylic acids is 2. The van der Waals surface area contributed by atoms with Gasteiger partial charge in [0, 0.05) is 5.56 Å². The van der Waals surface area contributed by atoms with E-state index in [1.807, 2.05) is 54.6 Å². The van der Waals surface area contributed by atoms with Gasteiger partial charge in [0.05, 0.1) is 0 Å². The third kappa shape index (κ3) is 6.60. The molecule has 3 rings (SSSR count). The van der Waals surface area contributed by atoms with E-state index in [1.54, 1.807) is 31.2 Å². The zero-order chi connectivity index (χ0) is 22.9. The van der Waals surface area contributed by atoms with Crippen LogP contribution in [0, 0.1) is 0 Å². The van der Waals surface area contributed by atoms with Crippen LogP contribution in [0.1, 0.15) is 48.2 Å². The van der Waals surface area contributed by atoms with Crippen LogP contribution in [-0.4, -0.2) is 17.9 Å². The summed E-state index contributed by atoms with van der Waals surface area (Å²) in [5.74, 6) is 0.787. The first-order valence-electron chi connectivity index (χ1n) is 10.6. The molecule has 0 aliphatic heterocycles. The summed E-state index contributed by atoms with van der Waals surface area (Å²) in [6, 6.07) is 24.1. The molecule has 3 aromatic carbocycles. The molecule has 0 aliphatic rings. The van der Waals surface area contributed by atoms with Crippen molar-refractivity contribution in [3.8, 4) is 11.5 Å². The Balaban J connectivity index is 1.45. The van der Waals surface area contributed by atoms with E-state index >= 15 is 0 Å². The van der Waals surface area contributed by atoms with Crippen molar-refractivity contribution in [2.75, 3.05) is 0 Å². The second kappa shape index (κ2) is 11.0. The van der Waals surface area contributed by atoms with Gasteiger partial charge in [-0.3, -0.25) is 20.4 Å². The fourth-order valence-electron chi connectivity index (χ4n) is 2.92. The lowest BCUT2D eigenvalue weighted by molar-refractivity contribution is -0.128. The summed E-state index contributed by atoms with van der Waals surface area (Å²) < 4.78 is 11.4. The molecule has 0 heterocycles. The van der Waals surface area contributed by atoms with Crippen LogP contribution in [0.4, 0.5) is 0 Å². The Morgan fingerprint density at radius 3 is 2.03 bits per heavy atom. The average molecular weight is 433 g/mol. The van der Waals surface area contributed by atoms with Crippen molar-refractivity contribution < 1.29 is 19.1 Å². The molecule has 0 saturated heterocycles. The molecule has 0 bridgehead atoms. The van der Waals surface area contributed by atoms with Gasteiger partial charge in [0.2, 0.25) is 0 Å². The Morgan fingerprint density at radius 2 is 1.41 bits per heavy atom. The maximum Gasteiger partial charge on any atom is 0.279 e. The van der Waals surface area contributed by atoms with Crippen LogP contribution in [-0.2, 0) is 11.4 Å². The second-order valence-corrected chi connectivity index (χ2v) is 7.73. The Morgan fingerprint density at radius 1 is 0.781 bits per heavy atom. The number of ether oxygens (including phenoxy) is 2. The van der Waals surface area contributed by atoms with E-state index in [2.05, 4.69) is 24.7 Å². The van der Waals surface area contributed by atoms with Crippen molar-refractivity contribution in [2.24, 2.45) is 0 Å². The number of hydrogen-bond donors (Lipinski definition) is 2. The Bertz CT molecular complexity index is 1020. The van der Waals surface area contributed by atoms with Crippen LogP contribution in [0.15, 0.2) is 78.9 Å². The van der Waals surface area contributed by atoms with Crippen LogP contribution in [0.25, 0.3) is 0 Å². The lowest BCUT2D eigenvalue weighted by atomic mass is 10.0. The summed E-state index contributed by atoms with van der Waals surface area (Å²) in [7, 11) is 0. The molecular formula is C26H28N2O4. The number of hydrogen-bond acceptors (Lipinski definition) is 4. The molecule has 32 heavy (non-hydrogen) atoms. The smallest absolute Gasteiger partial charge is 0.279 e. The summed E-state index contributed by atoms with van der Waals surface area (Å²) in [6.45, 7) is 6.29. The topological polar surface area (TPSA) is 76.7 Å². The molecular weight excluding hydrogens is 404 g/mol. The molecule has 0 aliphatic carbocycles. The van der Waals surface area contributed by atoms with E-state index in [0.29, 0.717) is 29.6 Å². The first kappa shape index (κ1) is 22.9. The third-order valence-electron chi connectivity index (χ3n) is 4.89. The first-order chi connectivity index (χ1) is 15.4. The van der Waals surface area contributed by atoms with Crippen LogP contribution < -0.4 is 20.3 Å². The molecule has 3 aromatic rings. The highest BCUT2D eigenvalue weighted by Gasteiger charge is 2.16. The minimum atomic E-state index is -0.769. The molecule has 0 fully saturated rings. The summed E-state index contributed by atoms with van der Waals surface area (Å²) >= 11 is 0. The standard InChI is InChI=1S/C26H28N2O4/c1-18(2)21-9-15-24(16-10-21)32-19(3)25(29)27-28-26(30)22-11-13-23(14-12-22)31-17-20-7-5-4-6-8-20/h4-16,18-19H,17H2,1-3H3,(H,27,29)(H,28,30). The van der Waals surface area contributed by atoms with E-state index < -0.39 is 17.9 Å². The van der Waals surface area contributed by atoms with E-state index in [0.717, 1.165) is 5.56 Å². The van der Waals surface area contributed by atoms with Gasteiger partial charge in [-0.1, -0.05) is 56.3 Å². The highest BCUT2D eigenvalue weighted by Crippen LogP contribution is 2.19. The predicted octanol–water partition coefficient (Wildman–Crippen LogP) is 4.62. The van der Waals surface area contributed by atoms with Crippen LogP contribution in [0.5, 0.6) is 11.5 Å². The second-order valence-electron chi connectivity index (χ2n) is 7.73. The van der Waals surface area contributed by atoms with Gasteiger partial charge in [-0.15, -0.1) is 0 Å². The monoisotopic (exact) mass is 432 g/mol. The summed E-state index contributed by atoms with van der Waals surface area (Å²) in [4.78, 5) is 24.6. The van der Waals surface area contributed by atoms with Gasteiger partial charge in [0.25, 0.3) is 11.8 Å². The van der Waals surface area contributed by atoms with Crippen molar-refractivity contribution >= 4 is 11.8 Å². The Kier molecular flexibility index (Phi) is 7.86. The SMILES string of the molecule is CC(Oc1ccc(C(C)C)cc1)C(=O)NNC(=O)c1ccc(OCc2ccccc2)cc1. The fraction of sp³-hybridized carbons (Fsp3) is 0.231. The number of nitrogens with one attached hydrogen (secondary N) is 2. The lowest BCUT2D eigenvalue weighted by Crippen LogP contribution is -2.47. The molecule has 6 heteroatoms. The molecule has 1 atom stereocenters. The molecule has 6 nitrogen and oxygen atoms in total. The zero-order valence-corrected chi connectivity index (χ0v) is 18.5. The molecule has 1 unspecified atom stereocenters. The summed E-state index contributed by atoms with van der Waals surface area (Å²) in [5.41, 5.74) is 7.46. The van der Waals surface area contributed by atoms with Crippen LogP contribution in [0.3, 0.4) is 0 Å². The summed E-state index contributed by atoms with van der Waals surface area (Å²) in [5, 5.41) is 0. The highest BCUT2D eigenvalue weighted by molar-refractivity contribution is 5.95. The number of amides is 2. The van der Waals surface area contributed by atoms with Crippen molar-refractivity contribution in [1.29, 1.82) is 0 Å². The minimum absolute atomic E-state index is 0.398. The lowest BCUT2D eigenvalue weighted by Gasteiger charge is -2.16. The largest absolute Gasteiger partial charge is 0.489 e. The number of carbonyl (C=O) groups is 2. The van der Waals surface area contributed by atoms with Gasteiger partial charge in [-0.2, -0.15) is 0 Å². The van der Waals surface area contributed by atoms with E-state index in [-0.39, 0.29) is 0 Å².